The van der Waals surface area contributed by atoms with Crippen LogP contribution in [0.5, 0.6) is 0 Å². The van der Waals surface area contributed by atoms with Crippen LogP contribution < -0.4 is 0 Å². The average molecular weight is 408 g/mol. The van der Waals surface area contributed by atoms with Crippen LogP contribution in [0.2, 0.25) is 0 Å². The Morgan fingerprint density at radius 2 is 1.90 bits per heavy atom. The minimum absolute atomic E-state index is 0.0982. The molecule has 0 N–H and O–H groups in total. The van der Waals surface area contributed by atoms with Gasteiger partial charge in [0.2, 0.25) is 0 Å². The fourth-order valence-corrected chi connectivity index (χ4v) is 10.4. The Bertz CT molecular complexity index is 840. The minimum Gasteiger partial charge on any atom is -0.381 e. The van der Waals surface area contributed by atoms with Crippen LogP contribution in [-0.4, -0.2) is 13.2 Å². The van der Waals surface area contributed by atoms with Crippen molar-refractivity contribution in [2.45, 2.75) is 111 Å². The fraction of sp³-hybridized carbons (Fsp3) is 1.00. The van der Waals surface area contributed by atoms with Gasteiger partial charge in [0.1, 0.15) is 0 Å². The van der Waals surface area contributed by atoms with Crippen molar-refractivity contribution in [3.8, 4) is 0 Å². The third-order valence-electron chi connectivity index (χ3n) is 11.7. The lowest BCUT2D eigenvalue weighted by Gasteiger charge is -2.61. The molecule has 0 amide bonds. The fourth-order valence-electron chi connectivity index (χ4n) is 10.4. The number of hydrogen-bond donors (Lipinski definition) is 0. The van der Waals surface area contributed by atoms with Gasteiger partial charge >= 0.3 is 0 Å². The summed E-state index contributed by atoms with van der Waals surface area (Å²) in [5.41, 5.74) is 1.19. The third kappa shape index (κ3) is 2.74. The van der Waals surface area contributed by atoms with Crippen molar-refractivity contribution in [1.29, 1.82) is 0 Å². The van der Waals surface area contributed by atoms with Crippen LogP contribution in [0.3, 0.4) is 0 Å². The number of ether oxygens (including phenoxy) is 1. The molecule has 10 atom stereocenters. The zero-order chi connectivity index (χ0) is 26.5. The molecule has 1 nitrogen and oxygen atoms in total. The Hall–Kier alpha value is -0.0400. The molecule has 5 aliphatic carbocycles. The van der Waals surface area contributed by atoms with E-state index in [1.54, 1.807) is 0 Å². The third-order valence-corrected chi connectivity index (χ3v) is 11.7. The van der Waals surface area contributed by atoms with E-state index in [1.807, 2.05) is 7.11 Å². The smallest absolute Gasteiger partial charge is 0.0638 e. The van der Waals surface area contributed by atoms with Gasteiger partial charge in [-0.2, -0.15) is 0 Å². The second-order valence-electron chi connectivity index (χ2n) is 12.3. The molecule has 0 radical (unpaired) electrons. The van der Waals surface area contributed by atoms with Crippen molar-refractivity contribution in [3.63, 3.8) is 0 Å². The Balaban J connectivity index is 1.28. The zero-order valence-electron chi connectivity index (χ0n) is 26.2. The van der Waals surface area contributed by atoms with Crippen LogP contribution in [0, 0.1) is 57.6 Å². The Morgan fingerprint density at radius 3 is 2.62 bits per heavy atom. The summed E-state index contributed by atoms with van der Waals surface area (Å²) >= 11 is 0. The Labute approximate surface area is 191 Å². The van der Waals surface area contributed by atoms with Crippen LogP contribution in [0.15, 0.2) is 0 Å². The van der Waals surface area contributed by atoms with Gasteiger partial charge in [-0.15, -0.1) is 0 Å². The molecule has 5 fully saturated rings. The maximum absolute atomic E-state index is 8.36. The normalized spacial score (nSPS) is 58.7. The number of rotatable bonds is 6. The second kappa shape index (κ2) is 6.98. The molecule has 29 heavy (non-hydrogen) atoms. The quantitative estimate of drug-likeness (QED) is 0.437. The van der Waals surface area contributed by atoms with Crippen LogP contribution in [0.4, 0.5) is 0 Å². The van der Waals surface area contributed by atoms with Crippen molar-refractivity contribution >= 4 is 0 Å². The highest BCUT2D eigenvalue weighted by molar-refractivity contribution is 5.26. The van der Waals surface area contributed by atoms with Crippen molar-refractivity contribution in [1.82, 2.24) is 0 Å². The molecule has 5 saturated carbocycles. The van der Waals surface area contributed by atoms with Crippen molar-refractivity contribution in [2.24, 2.45) is 57.6 Å². The maximum atomic E-state index is 8.36. The zero-order valence-corrected chi connectivity index (χ0v) is 19.2. The molecule has 5 rings (SSSR count). The molecular formula is C28H48O. The summed E-state index contributed by atoms with van der Waals surface area (Å²) < 4.78 is 60.9. The summed E-state index contributed by atoms with van der Waals surface area (Å²) in [4.78, 5) is 0. The molecule has 5 aliphatic rings. The molecule has 0 aromatic rings. The van der Waals surface area contributed by atoms with E-state index in [4.69, 9.17) is 14.3 Å². The molecule has 166 valence electrons. The van der Waals surface area contributed by atoms with E-state index in [9.17, 15) is 0 Å². The Kier molecular flexibility index (Phi) is 3.41. The highest BCUT2D eigenvalue weighted by Crippen LogP contribution is 2.82. The van der Waals surface area contributed by atoms with E-state index in [1.165, 1.54) is 51.4 Å². The topological polar surface area (TPSA) is 9.23 Å². The van der Waals surface area contributed by atoms with Gasteiger partial charge in [-0.1, -0.05) is 53.7 Å². The predicted octanol–water partition coefficient (Wildman–Crippen LogP) is 7.73. The highest BCUT2D eigenvalue weighted by atomic mass is 16.5. The number of fused-ring (bicyclic) bond motifs is 4. The molecule has 0 aromatic heterocycles. The van der Waals surface area contributed by atoms with E-state index < -0.39 is 19.6 Å². The SMILES string of the molecule is [2H]C([2H])([2H])C([2H])(CCC[C@@H](C)[C@H]1CC[C@H]2[C@@H]3C[C@@H](OC)[C@]45C[C@@H]4CC[C@]5(C)[C@H]3CC[C@]12C)C([2H])([2H])[2H]. The lowest BCUT2D eigenvalue weighted by molar-refractivity contribution is -0.161. The monoisotopic (exact) mass is 407 g/mol. The first-order valence-corrected chi connectivity index (χ1v) is 12.6. The summed E-state index contributed by atoms with van der Waals surface area (Å²) in [5, 5.41) is 0. The maximum Gasteiger partial charge on any atom is 0.0638 e. The van der Waals surface area contributed by atoms with Gasteiger partial charge in [0.15, 0.2) is 0 Å². The van der Waals surface area contributed by atoms with Crippen LogP contribution in [0.1, 0.15) is 115 Å². The van der Waals surface area contributed by atoms with Crippen LogP contribution in [0.25, 0.3) is 0 Å². The first kappa shape index (κ1) is 14.2. The van der Waals surface area contributed by atoms with Crippen molar-refractivity contribution < 1.29 is 14.3 Å². The van der Waals surface area contributed by atoms with E-state index in [0.717, 1.165) is 30.1 Å². The molecule has 0 aliphatic heterocycles. The van der Waals surface area contributed by atoms with Gasteiger partial charge in [-0.05, 0) is 104 Å². The molecule has 0 unspecified atom stereocenters. The van der Waals surface area contributed by atoms with Crippen LogP contribution in [-0.2, 0) is 4.74 Å². The first-order chi connectivity index (χ1) is 16.6. The molecule has 1 spiro atoms. The summed E-state index contributed by atoms with van der Waals surface area (Å²) in [7, 11) is 1.94. The molecule has 1 heteroatoms. The van der Waals surface area contributed by atoms with E-state index in [0.29, 0.717) is 40.6 Å². The largest absolute Gasteiger partial charge is 0.381 e. The van der Waals surface area contributed by atoms with E-state index in [-0.39, 0.29) is 6.42 Å². The summed E-state index contributed by atoms with van der Waals surface area (Å²) in [6, 6.07) is 0. The molecule has 0 heterocycles. The molecular weight excluding hydrogens is 352 g/mol. The molecule has 0 aromatic carbocycles. The van der Waals surface area contributed by atoms with Crippen LogP contribution >= 0.6 is 0 Å². The number of methoxy groups -OCH3 is 1. The first-order valence-electron chi connectivity index (χ1n) is 16.1. The average Bonchev–Trinajstić information content (AvgIpc) is 3.28. The Morgan fingerprint density at radius 1 is 1.07 bits per heavy atom. The van der Waals surface area contributed by atoms with Gasteiger partial charge in [0.05, 0.1) is 6.10 Å². The second-order valence-corrected chi connectivity index (χ2v) is 12.3. The van der Waals surface area contributed by atoms with Crippen molar-refractivity contribution in [2.75, 3.05) is 7.11 Å². The summed E-state index contributed by atoms with van der Waals surface area (Å²) in [6.45, 7) is 1.82. The van der Waals surface area contributed by atoms with Gasteiger partial charge in [-0.3, -0.25) is 0 Å². The minimum atomic E-state index is -2.81. The van der Waals surface area contributed by atoms with Gasteiger partial charge < -0.3 is 4.74 Å². The highest BCUT2D eigenvalue weighted by Gasteiger charge is 2.77. The van der Waals surface area contributed by atoms with Gasteiger partial charge in [0.25, 0.3) is 0 Å². The lowest BCUT2D eigenvalue weighted by atomic mass is 9.45. The predicted molar refractivity (Wildman–Crippen MR) is 122 cm³/mol. The standard InChI is InChI=1S/C28H48O/c1-18(2)8-7-9-19(3)22-10-11-23-21-16-25(29-6)28-17-20(28)12-15-27(28,5)24(21)13-14-26(22,23)4/h18-25H,7-17H2,1-6H3/t19-,20+,21+,22-,23+,24+,25-,26-,27-,28+/m1/s1/i1D3,2D3,18D. The lowest BCUT2D eigenvalue weighted by Crippen LogP contribution is -2.57. The summed E-state index contributed by atoms with van der Waals surface area (Å²) in [5.74, 6) is 1.81. The van der Waals surface area contributed by atoms with Gasteiger partial charge in [-0.25, -0.2) is 0 Å². The molecule has 0 saturated heterocycles. The molecule has 0 bridgehead atoms. The summed E-state index contributed by atoms with van der Waals surface area (Å²) in [6.07, 6.45) is 12.1. The van der Waals surface area contributed by atoms with E-state index >= 15 is 0 Å². The van der Waals surface area contributed by atoms with Gasteiger partial charge in [0, 0.05) is 22.1 Å². The van der Waals surface area contributed by atoms with Crippen molar-refractivity contribution in [3.05, 3.63) is 0 Å². The van der Waals surface area contributed by atoms with E-state index in [2.05, 4.69) is 20.8 Å². The number of hydrogen-bond acceptors (Lipinski definition) is 1.